The van der Waals surface area contributed by atoms with Crippen LogP contribution < -0.4 is 5.32 Å². The van der Waals surface area contributed by atoms with Gasteiger partial charge in [-0.05, 0) is 32.7 Å². The van der Waals surface area contributed by atoms with Gasteiger partial charge in [0.15, 0.2) is 9.84 Å². The fourth-order valence-electron chi connectivity index (χ4n) is 2.08. The first-order valence-corrected chi connectivity index (χ1v) is 7.14. The fraction of sp³-hybridized carbons (Fsp3) is 1.00. The summed E-state index contributed by atoms with van der Waals surface area (Å²) in [6.45, 7) is 2.36. The van der Waals surface area contributed by atoms with Crippen LogP contribution in [0.3, 0.4) is 0 Å². The van der Waals surface area contributed by atoms with Gasteiger partial charge in [-0.25, -0.2) is 8.42 Å². The number of rotatable bonds is 5. The zero-order valence-corrected chi connectivity index (χ0v) is 9.94. The summed E-state index contributed by atoms with van der Waals surface area (Å²) < 4.78 is 23.7. The summed E-state index contributed by atoms with van der Waals surface area (Å²) in [5.74, 6) is 0.829. The predicted octanol–water partition coefficient (Wildman–Crippen LogP) is 1.20. The molecule has 0 spiro atoms. The maximum Gasteiger partial charge on any atom is 0.154 e. The topological polar surface area (TPSA) is 46.2 Å². The molecule has 1 rings (SSSR count). The highest BCUT2D eigenvalue weighted by molar-refractivity contribution is 7.92. The third-order valence-electron chi connectivity index (χ3n) is 3.05. The number of sulfone groups is 1. The smallest absolute Gasteiger partial charge is 0.154 e. The van der Waals surface area contributed by atoms with Crippen molar-refractivity contribution in [2.45, 2.75) is 37.9 Å². The molecule has 1 aliphatic carbocycles. The molecule has 0 aromatic rings. The van der Waals surface area contributed by atoms with E-state index in [0.717, 1.165) is 12.8 Å². The quantitative estimate of drug-likeness (QED) is 0.756. The molecule has 1 fully saturated rings. The maximum atomic E-state index is 11.8. The van der Waals surface area contributed by atoms with Crippen molar-refractivity contribution in [3.8, 4) is 0 Å². The summed E-state index contributed by atoms with van der Waals surface area (Å²) in [6, 6.07) is 0. The van der Waals surface area contributed by atoms with E-state index in [0.29, 0.717) is 18.2 Å². The highest BCUT2D eigenvalue weighted by atomic mass is 32.2. The van der Waals surface area contributed by atoms with Crippen molar-refractivity contribution in [3.63, 3.8) is 0 Å². The summed E-state index contributed by atoms with van der Waals surface area (Å²) in [7, 11) is -1.08. The van der Waals surface area contributed by atoms with Crippen LogP contribution in [0, 0.1) is 5.92 Å². The van der Waals surface area contributed by atoms with Gasteiger partial charge in [0.25, 0.3) is 0 Å². The highest BCUT2D eigenvalue weighted by Crippen LogP contribution is 2.26. The van der Waals surface area contributed by atoms with Crippen LogP contribution in [0.4, 0.5) is 0 Å². The zero-order chi connectivity index (χ0) is 10.6. The van der Waals surface area contributed by atoms with Crippen molar-refractivity contribution < 1.29 is 8.42 Å². The first kappa shape index (κ1) is 12.0. The molecule has 84 valence electrons. The average molecular weight is 219 g/mol. The van der Waals surface area contributed by atoms with Crippen LogP contribution in [0.15, 0.2) is 0 Å². The molecule has 0 amide bonds. The lowest BCUT2D eigenvalue weighted by Crippen LogP contribution is -2.32. The van der Waals surface area contributed by atoms with Crippen molar-refractivity contribution in [2.75, 3.05) is 19.3 Å². The zero-order valence-electron chi connectivity index (χ0n) is 9.12. The molecular formula is C10H21NO2S. The van der Waals surface area contributed by atoms with E-state index in [4.69, 9.17) is 0 Å². The number of nitrogens with one attached hydrogen (secondary N) is 1. The standard InChI is InChI=1S/C10H21NO2S/c1-9(7-11-2)14(12,13)8-10-5-3-4-6-10/h9-11H,3-8H2,1-2H3. The van der Waals surface area contributed by atoms with Crippen LogP contribution in [-0.4, -0.2) is 33.0 Å². The molecule has 0 bridgehead atoms. The first-order valence-electron chi connectivity index (χ1n) is 5.42. The number of hydrogen-bond donors (Lipinski definition) is 1. The Kier molecular flexibility index (Phi) is 4.38. The molecule has 1 N–H and O–H groups in total. The van der Waals surface area contributed by atoms with Gasteiger partial charge < -0.3 is 5.32 Å². The second kappa shape index (κ2) is 5.12. The van der Waals surface area contributed by atoms with Crippen LogP contribution in [0.2, 0.25) is 0 Å². The predicted molar refractivity (Wildman–Crippen MR) is 59.1 cm³/mol. The Balaban J connectivity index is 2.47. The van der Waals surface area contributed by atoms with E-state index in [9.17, 15) is 8.42 Å². The molecule has 0 aromatic carbocycles. The van der Waals surface area contributed by atoms with Crippen LogP contribution in [0.5, 0.6) is 0 Å². The Morgan fingerprint density at radius 1 is 1.36 bits per heavy atom. The average Bonchev–Trinajstić information content (AvgIpc) is 2.56. The molecule has 1 aliphatic rings. The Hall–Kier alpha value is -0.0900. The molecule has 0 radical (unpaired) electrons. The maximum absolute atomic E-state index is 11.8. The summed E-state index contributed by atoms with van der Waals surface area (Å²) in [4.78, 5) is 0. The van der Waals surface area contributed by atoms with E-state index in [-0.39, 0.29) is 5.25 Å². The third kappa shape index (κ3) is 3.24. The second-order valence-corrected chi connectivity index (χ2v) is 6.81. The third-order valence-corrected chi connectivity index (χ3v) is 5.38. The van der Waals surface area contributed by atoms with Gasteiger partial charge in [-0.15, -0.1) is 0 Å². The monoisotopic (exact) mass is 219 g/mol. The normalized spacial score (nSPS) is 21.3. The van der Waals surface area contributed by atoms with Gasteiger partial charge in [0, 0.05) is 6.54 Å². The summed E-state index contributed by atoms with van der Waals surface area (Å²) in [5, 5.41) is 2.68. The Labute approximate surface area is 87.2 Å². The van der Waals surface area contributed by atoms with E-state index in [2.05, 4.69) is 5.32 Å². The van der Waals surface area contributed by atoms with Crippen molar-refractivity contribution in [1.29, 1.82) is 0 Å². The molecule has 1 saturated carbocycles. The number of hydrogen-bond acceptors (Lipinski definition) is 3. The highest BCUT2D eigenvalue weighted by Gasteiger charge is 2.26. The van der Waals surface area contributed by atoms with Crippen molar-refractivity contribution >= 4 is 9.84 Å². The van der Waals surface area contributed by atoms with E-state index in [1.807, 2.05) is 0 Å². The van der Waals surface area contributed by atoms with E-state index in [1.165, 1.54) is 12.8 Å². The van der Waals surface area contributed by atoms with Crippen LogP contribution in [0.1, 0.15) is 32.6 Å². The molecule has 0 heterocycles. The molecule has 0 aliphatic heterocycles. The summed E-state index contributed by atoms with van der Waals surface area (Å²) in [6.07, 6.45) is 4.62. The molecule has 0 saturated heterocycles. The lowest BCUT2D eigenvalue weighted by atomic mass is 10.1. The van der Waals surface area contributed by atoms with Gasteiger partial charge >= 0.3 is 0 Å². The van der Waals surface area contributed by atoms with Crippen molar-refractivity contribution in [2.24, 2.45) is 5.92 Å². The summed E-state index contributed by atoms with van der Waals surface area (Å²) in [5.41, 5.74) is 0. The van der Waals surface area contributed by atoms with Gasteiger partial charge in [-0.1, -0.05) is 12.8 Å². The van der Waals surface area contributed by atoms with E-state index >= 15 is 0 Å². The minimum absolute atomic E-state index is 0.242. The lowest BCUT2D eigenvalue weighted by molar-refractivity contribution is 0.546. The van der Waals surface area contributed by atoms with Gasteiger partial charge in [0.1, 0.15) is 0 Å². The van der Waals surface area contributed by atoms with Crippen LogP contribution >= 0.6 is 0 Å². The largest absolute Gasteiger partial charge is 0.318 e. The molecule has 14 heavy (non-hydrogen) atoms. The molecule has 0 aromatic heterocycles. The van der Waals surface area contributed by atoms with E-state index < -0.39 is 9.84 Å². The fourth-order valence-corrected chi connectivity index (χ4v) is 3.82. The minimum atomic E-state index is -2.87. The Bertz CT molecular complexity index is 255. The van der Waals surface area contributed by atoms with Crippen LogP contribution in [-0.2, 0) is 9.84 Å². The molecule has 1 atom stereocenters. The molecule has 3 nitrogen and oxygen atoms in total. The second-order valence-electron chi connectivity index (χ2n) is 4.35. The first-order chi connectivity index (χ1) is 6.56. The van der Waals surface area contributed by atoms with Crippen molar-refractivity contribution in [1.82, 2.24) is 5.32 Å². The lowest BCUT2D eigenvalue weighted by Gasteiger charge is -2.15. The molecular weight excluding hydrogens is 198 g/mol. The Morgan fingerprint density at radius 2 is 1.93 bits per heavy atom. The van der Waals surface area contributed by atoms with Gasteiger partial charge in [-0.3, -0.25) is 0 Å². The van der Waals surface area contributed by atoms with Gasteiger partial charge in [0.05, 0.1) is 11.0 Å². The van der Waals surface area contributed by atoms with Crippen molar-refractivity contribution in [3.05, 3.63) is 0 Å². The molecule has 1 unspecified atom stereocenters. The molecule has 4 heteroatoms. The Morgan fingerprint density at radius 3 is 2.43 bits per heavy atom. The van der Waals surface area contributed by atoms with E-state index in [1.54, 1.807) is 14.0 Å². The minimum Gasteiger partial charge on any atom is -0.318 e. The SMILES string of the molecule is CNCC(C)S(=O)(=O)CC1CCCC1. The summed E-state index contributed by atoms with van der Waals surface area (Å²) >= 11 is 0. The van der Waals surface area contributed by atoms with Gasteiger partial charge in [0.2, 0.25) is 0 Å². The van der Waals surface area contributed by atoms with Gasteiger partial charge in [-0.2, -0.15) is 0 Å². The van der Waals surface area contributed by atoms with Crippen LogP contribution in [0.25, 0.3) is 0 Å².